The minimum atomic E-state index is -0.117. The van der Waals surface area contributed by atoms with Gasteiger partial charge in [0.05, 0.1) is 5.01 Å². The van der Waals surface area contributed by atoms with Gasteiger partial charge in [-0.1, -0.05) is 19.9 Å². The molecule has 0 bridgehead atoms. The summed E-state index contributed by atoms with van der Waals surface area (Å²) in [5, 5.41) is 7.72. The molecule has 21 heavy (non-hydrogen) atoms. The molecular weight excluding hydrogens is 326 g/mol. The third-order valence-electron chi connectivity index (χ3n) is 3.02. The molecule has 7 heteroatoms. The van der Waals surface area contributed by atoms with Crippen molar-refractivity contribution in [1.82, 2.24) is 10.3 Å². The predicted octanol–water partition coefficient (Wildman–Crippen LogP) is 2.84. The minimum Gasteiger partial charge on any atom is -0.350 e. The zero-order valence-electron chi connectivity index (χ0n) is 12.1. The summed E-state index contributed by atoms with van der Waals surface area (Å²) in [5.74, 6) is -0.117. The Morgan fingerprint density at radius 1 is 1.43 bits per heavy atom. The molecule has 0 unspecified atom stereocenters. The number of hydrogen-bond donors (Lipinski definition) is 2. The Hall–Kier alpha value is -0.950. The molecule has 4 nitrogen and oxygen atoms in total. The average Bonchev–Trinajstić information content (AvgIpc) is 3.07. The second kappa shape index (κ2) is 7.89. The van der Waals surface area contributed by atoms with Crippen LogP contribution in [-0.4, -0.2) is 24.0 Å². The van der Waals surface area contributed by atoms with Crippen LogP contribution in [0.3, 0.4) is 0 Å². The molecule has 0 aliphatic rings. The van der Waals surface area contributed by atoms with Crippen LogP contribution in [0.25, 0.3) is 0 Å². The normalized spacial score (nSPS) is 11.0. The summed E-state index contributed by atoms with van der Waals surface area (Å²) < 4.78 is 0. The molecule has 2 aromatic rings. The van der Waals surface area contributed by atoms with Crippen LogP contribution < -0.4 is 11.1 Å². The third-order valence-corrected chi connectivity index (χ3v) is 5.17. The monoisotopic (exact) mass is 345 g/mol. The van der Waals surface area contributed by atoms with E-state index in [1.165, 1.54) is 16.2 Å². The first-order chi connectivity index (χ1) is 9.53. The zero-order chi connectivity index (χ0) is 14.6. The van der Waals surface area contributed by atoms with Gasteiger partial charge in [-0.25, -0.2) is 4.98 Å². The molecule has 0 spiro atoms. The lowest BCUT2D eigenvalue weighted by Crippen LogP contribution is -2.36. The lowest BCUT2D eigenvalue weighted by Gasteiger charge is -2.23. The molecule has 0 atom stereocenters. The maximum absolute atomic E-state index is 12.1. The molecule has 2 heterocycles. The summed E-state index contributed by atoms with van der Waals surface area (Å²) in [6.07, 6.45) is 0.721. The summed E-state index contributed by atoms with van der Waals surface area (Å²) in [6.45, 7) is 5.40. The Kier molecular flexibility index (Phi) is 6.80. The van der Waals surface area contributed by atoms with E-state index in [0.29, 0.717) is 18.8 Å². The molecule has 3 N–H and O–H groups in total. The van der Waals surface area contributed by atoms with Gasteiger partial charge in [-0.15, -0.1) is 35.1 Å². The SMILES string of the molecule is CC(C)(CNC(=O)c1csc(CCN)n1)c1cccs1.Cl. The van der Waals surface area contributed by atoms with Gasteiger partial charge in [0, 0.05) is 28.6 Å². The van der Waals surface area contributed by atoms with E-state index < -0.39 is 0 Å². The first-order valence-electron chi connectivity index (χ1n) is 6.49. The van der Waals surface area contributed by atoms with Crippen molar-refractivity contribution in [2.24, 2.45) is 5.73 Å². The van der Waals surface area contributed by atoms with Gasteiger partial charge in [-0.05, 0) is 18.0 Å². The second-order valence-corrected chi connectivity index (χ2v) is 7.10. The van der Waals surface area contributed by atoms with Gasteiger partial charge in [-0.2, -0.15) is 0 Å². The highest BCUT2D eigenvalue weighted by Crippen LogP contribution is 2.26. The number of nitrogens with one attached hydrogen (secondary N) is 1. The molecule has 2 rings (SSSR count). The van der Waals surface area contributed by atoms with Gasteiger partial charge >= 0.3 is 0 Å². The zero-order valence-corrected chi connectivity index (χ0v) is 14.5. The van der Waals surface area contributed by atoms with Gasteiger partial charge in [0.2, 0.25) is 0 Å². The predicted molar refractivity (Wildman–Crippen MR) is 91.8 cm³/mol. The van der Waals surface area contributed by atoms with Crippen LogP contribution in [0.5, 0.6) is 0 Å². The smallest absolute Gasteiger partial charge is 0.270 e. The molecule has 0 saturated heterocycles. The van der Waals surface area contributed by atoms with E-state index in [0.717, 1.165) is 11.4 Å². The number of carbonyl (C=O) groups excluding carboxylic acids is 1. The molecule has 0 radical (unpaired) electrons. The van der Waals surface area contributed by atoms with Crippen molar-refractivity contribution in [2.75, 3.05) is 13.1 Å². The van der Waals surface area contributed by atoms with E-state index in [-0.39, 0.29) is 23.7 Å². The number of nitrogens with two attached hydrogens (primary N) is 1. The molecule has 0 aliphatic heterocycles. The lowest BCUT2D eigenvalue weighted by atomic mass is 9.91. The standard InChI is InChI=1S/C14H19N3OS2.ClH/c1-14(2,11-4-3-7-19-11)9-16-13(18)10-8-20-12(17-10)5-6-15;/h3-4,7-8H,5-6,9,15H2,1-2H3,(H,16,18);1H. The minimum absolute atomic E-state index is 0. The number of amides is 1. The summed E-state index contributed by atoms with van der Waals surface area (Å²) in [5.41, 5.74) is 5.90. The van der Waals surface area contributed by atoms with Crippen LogP contribution in [0, 0.1) is 0 Å². The Morgan fingerprint density at radius 2 is 2.19 bits per heavy atom. The van der Waals surface area contributed by atoms with Crippen LogP contribution in [-0.2, 0) is 11.8 Å². The van der Waals surface area contributed by atoms with Crippen LogP contribution >= 0.6 is 35.1 Å². The highest BCUT2D eigenvalue weighted by molar-refractivity contribution is 7.10. The topological polar surface area (TPSA) is 68.0 Å². The van der Waals surface area contributed by atoms with Gasteiger partial charge in [0.25, 0.3) is 5.91 Å². The fourth-order valence-electron chi connectivity index (χ4n) is 1.80. The number of thiazole rings is 1. The fourth-order valence-corrected chi connectivity index (χ4v) is 3.44. The van der Waals surface area contributed by atoms with Crippen molar-refractivity contribution >= 4 is 41.0 Å². The number of halogens is 1. The molecule has 0 fully saturated rings. The van der Waals surface area contributed by atoms with Crippen molar-refractivity contribution in [3.05, 3.63) is 38.5 Å². The Morgan fingerprint density at radius 3 is 2.81 bits per heavy atom. The number of carbonyl (C=O) groups is 1. The Balaban J connectivity index is 0.00000220. The number of aromatic nitrogens is 1. The molecule has 2 aromatic heterocycles. The van der Waals surface area contributed by atoms with Crippen LogP contribution in [0.1, 0.15) is 34.2 Å². The molecule has 0 saturated carbocycles. The van der Waals surface area contributed by atoms with Crippen LogP contribution in [0.15, 0.2) is 22.9 Å². The van der Waals surface area contributed by atoms with Gasteiger partial charge in [0.15, 0.2) is 0 Å². The number of hydrogen-bond acceptors (Lipinski definition) is 5. The van der Waals surface area contributed by atoms with Crippen molar-refractivity contribution in [3.63, 3.8) is 0 Å². The first kappa shape index (κ1) is 18.1. The van der Waals surface area contributed by atoms with Crippen LogP contribution in [0.4, 0.5) is 0 Å². The maximum atomic E-state index is 12.1. The number of rotatable bonds is 6. The summed E-state index contributed by atoms with van der Waals surface area (Å²) in [7, 11) is 0. The molecule has 1 amide bonds. The molecule has 0 aromatic carbocycles. The quantitative estimate of drug-likeness (QED) is 0.845. The van der Waals surface area contributed by atoms with Crippen molar-refractivity contribution in [2.45, 2.75) is 25.7 Å². The number of thiophene rings is 1. The average molecular weight is 346 g/mol. The van der Waals surface area contributed by atoms with Crippen LogP contribution in [0.2, 0.25) is 0 Å². The van der Waals surface area contributed by atoms with Gasteiger partial charge < -0.3 is 11.1 Å². The lowest BCUT2D eigenvalue weighted by molar-refractivity contribution is 0.0941. The Bertz CT molecular complexity index is 567. The molecule has 116 valence electrons. The number of nitrogens with zero attached hydrogens (tertiary/aromatic N) is 1. The van der Waals surface area contributed by atoms with Gasteiger partial charge in [0.1, 0.15) is 5.69 Å². The highest BCUT2D eigenvalue weighted by Gasteiger charge is 2.23. The molecule has 0 aliphatic carbocycles. The van der Waals surface area contributed by atoms with E-state index in [4.69, 9.17) is 5.73 Å². The Labute approximate surface area is 139 Å². The first-order valence-corrected chi connectivity index (χ1v) is 8.25. The van der Waals surface area contributed by atoms with E-state index in [1.807, 2.05) is 6.07 Å². The van der Waals surface area contributed by atoms with Crippen molar-refractivity contribution in [3.8, 4) is 0 Å². The maximum Gasteiger partial charge on any atom is 0.270 e. The third kappa shape index (κ3) is 4.78. The second-order valence-electron chi connectivity index (χ2n) is 5.21. The van der Waals surface area contributed by atoms with Crippen molar-refractivity contribution < 1.29 is 4.79 Å². The van der Waals surface area contributed by atoms with E-state index in [2.05, 4.69) is 35.6 Å². The van der Waals surface area contributed by atoms with E-state index in [1.54, 1.807) is 16.7 Å². The van der Waals surface area contributed by atoms with Gasteiger partial charge in [-0.3, -0.25) is 4.79 Å². The summed E-state index contributed by atoms with van der Waals surface area (Å²) in [6, 6.07) is 4.13. The fraction of sp³-hybridized carbons (Fsp3) is 0.429. The summed E-state index contributed by atoms with van der Waals surface area (Å²) in [4.78, 5) is 17.6. The molecular formula is C14H20ClN3OS2. The van der Waals surface area contributed by atoms with Crippen molar-refractivity contribution in [1.29, 1.82) is 0 Å². The van der Waals surface area contributed by atoms with E-state index >= 15 is 0 Å². The largest absolute Gasteiger partial charge is 0.350 e. The summed E-state index contributed by atoms with van der Waals surface area (Å²) >= 11 is 3.19. The van der Waals surface area contributed by atoms with E-state index in [9.17, 15) is 4.79 Å². The highest BCUT2D eigenvalue weighted by atomic mass is 35.5.